The molecule has 1 aliphatic heterocycles. The van der Waals surface area contributed by atoms with Gasteiger partial charge in [0, 0.05) is 25.0 Å². The molecule has 16 heavy (non-hydrogen) atoms. The van der Waals surface area contributed by atoms with Crippen LogP contribution in [0.3, 0.4) is 0 Å². The highest BCUT2D eigenvalue weighted by Crippen LogP contribution is 2.29. The number of morpholine rings is 1. The summed E-state index contributed by atoms with van der Waals surface area (Å²) in [5.41, 5.74) is 5.61. The third-order valence-electron chi connectivity index (χ3n) is 3.73. The number of nitrogens with two attached hydrogens (primary N) is 1. The standard InChI is InChI=1S/C11H21N3O2/c1-8(11(12)13-15)7-14-5-6-16-10-4-2-3-9(10)14/h8-10,15H,2-7H2,1H3,(H2,12,13). The van der Waals surface area contributed by atoms with Crippen molar-refractivity contribution >= 4 is 5.84 Å². The summed E-state index contributed by atoms with van der Waals surface area (Å²) in [6, 6.07) is 0.544. The van der Waals surface area contributed by atoms with E-state index in [9.17, 15) is 0 Å². The monoisotopic (exact) mass is 227 g/mol. The van der Waals surface area contributed by atoms with Crippen LogP contribution in [0, 0.1) is 5.92 Å². The summed E-state index contributed by atoms with van der Waals surface area (Å²) < 4.78 is 5.75. The lowest BCUT2D eigenvalue weighted by Crippen LogP contribution is -2.51. The molecule has 0 amide bonds. The summed E-state index contributed by atoms with van der Waals surface area (Å²) in [5.74, 6) is 0.422. The molecule has 2 rings (SSSR count). The van der Waals surface area contributed by atoms with Crippen LogP contribution in [0.4, 0.5) is 0 Å². The molecule has 2 aliphatic rings. The second kappa shape index (κ2) is 5.01. The Morgan fingerprint density at radius 1 is 1.62 bits per heavy atom. The van der Waals surface area contributed by atoms with Gasteiger partial charge in [0.25, 0.3) is 0 Å². The van der Waals surface area contributed by atoms with Crippen LogP contribution in [0.5, 0.6) is 0 Å². The van der Waals surface area contributed by atoms with Gasteiger partial charge in [-0.25, -0.2) is 0 Å². The molecule has 3 N–H and O–H groups in total. The lowest BCUT2D eigenvalue weighted by molar-refractivity contribution is -0.0574. The van der Waals surface area contributed by atoms with E-state index in [-0.39, 0.29) is 5.92 Å². The Morgan fingerprint density at radius 2 is 2.44 bits per heavy atom. The fraction of sp³-hybridized carbons (Fsp3) is 0.909. The minimum Gasteiger partial charge on any atom is -0.409 e. The number of ether oxygens (including phenoxy) is 1. The summed E-state index contributed by atoms with van der Waals surface area (Å²) >= 11 is 0. The predicted octanol–water partition coefficient (Wildman–Crippen LogP) is 0.622. The molecule has 0 aromatic carbocycles. The van der Waals surface area contributed by atoms with Gasteiger partial charge >= 0.3 is 0 Å². The molecule has 1 aliphatic carbocycles. The van der Waals surface area contributed by atoms with E-state index in [1.807, 2.05) is 6.92 Å². The number of oxime groups is 1. The van der Waals surface area contributed by atoms with Gasteiger partial charge in [0.2, 0.25) is 0 Å². The SMILES string of the molecule is CC(CN1CCOC2CCCC21)C(N)=NO. The summed E-state index contributed by atoms with van der Waals surface area (Å²) in [6.45, 7) is 4.63. The van der Waals surface area contributed by atoms with Crippen LogP contribution in [0.25, 0.3) is 0 Å². The van der Waals surface area contributed by atoms with E-state index in [0.29, 0.717) is 18.0 Å². The van der Waals surface area contributed by atoms with Crippen LogP contribution >= 0.6 is 0 Å². The first-order chi connectivity index (χ1) is 7.72. The van der Waals surface area contributed by atoms with Gasteiger partial charge < -0.3 is 15.7 Å². The maximum atomic E-state index is 8.64. The van der Waals surface area contributed by atoms with E-state index >= 15 is 0 Å². The van der Waals surface area contributed by atoms with Gasteiger partial charge in [0.05, 0.1) is 12.7 Å². The second-order valence-electron chi connectivity index (χ2n) is 4.83. The number of hydrogen-bond acceptors (Lipinski definition) is 4. The van der Waals surface area contributed by atoms with E-state index in [0.717, 1.165) is 19.7 Å². The fourth-order valence-corrected chi connectivity index (χ4v) is 2.78. The van der Waals surface area contributed by atoms with E-state index in [4.69, 9.17) is 15.7 Å². The minimum atomic E-state index is 0.101. The Hall–Kier alpha value is -0.810. The molecule has 92 valence electrons. The Balaban J connectivity index is 1.93. The van der Waals surface area contributed by atoms with Gasteiger partial charge in [-0.15, -0.1) is 0 Å². The Kier molecular flexibility index (Phi) is 3.66. The number of fused-ring (bicyclic) bond motifs is 1. The highest BCUT2D eigenvalue weighted by Gasteiger charge is 2.36. The van der Waals surface area contributed by atoms with Crippen molar-refractivity contribution in [3.63, 3.8) is 0 Å². The smallest absolute Gasteiger partial charge is 0.143 e. The molecular weight excluding hydrogens is 206 g/mol. The van der Waals surface area contributed by atoms with Gasteiger partial charge in [-0.2, -0.15) is 0 Å². The van der Waals surface area contributed by atoms with Crippen molar-refractivity contribution in [1.82, 2.24) is 4.90 Å². The number of nitrogens with zero attached hydrogens (tertiary/aromatic N) is 2. The molecule has 0 radical (unpaired) electrons. The summed E-state index contributed by atoms with van der Waals surface area (Å²) in [4.78, 5) is 2.43. The molecule has 0 aromatic heterocycles. The van der Waals surface area contributed by atoms with E-state index in [1.165, 1.54) is 19.3 Å². The first-order valence-electron chi connectivity index (χ1n) is 6.05. The normalized spacial score (nSPS) is 33.7. The zero-order valence-corrected chi connectivity index (χ0v) is 9.80. The second-order valence-corrected chi connectivity index (χ2v) is 4.83. The minimum absolute atomic E-state index is 0.101. The molecular formula is C11H21N3O2. The molecule has 0 aromatic rings. The highest BCUT2D eigenvalue weighted by atomic mass is 16.5. The van der Waals surface area contributed by atoms with Gasteiger partial charge in [-0.1, -0.05) is 12.1 Å². The molecule has 5 nitrogen and oxygen atoms in total. The summed E-state index contributed by atoms with van der Waals surface area (Å²) in [6.07, 6.45) is 4.06. The summed E-state index contributed by atoms with van der Waals surface area (Å²) in [7, 11) is 0. The van der Waals surface area contributed by atoms with Crippen LogP contribution in [-0.4, -0.2) is 47.8 Å². The van der Waals surface area contributed by atoms with Crippen LogP contribution in [0.15, 0.2) is 5.16 Å². The van der Waals surface area contributed by atoms with Gasteiger partial charge in [0.15, 0.2) is 0 Å². The molecule has 1 saturated carbocycles. The van der Waals surface area contributed by atoms with Crippen molar-refractivity contribution in [2.24, 2.45) is 16.8 Å². The van der Waals surface area contributed by atoms with E-state index < -0.39 is 0 Å². The third kappa shape index (κ3) is 2.30. The zero-order valence-electron chi connectivity index (χ0n) is 9.80. The summed E-state index contributed by atoms with van der Waals surface area (Å²) in [5, 5.41) is 11.7. The molecule has 1 saturated heterocycles. The first-order valence-corrected chi connectivity index (χ1v) is 6.05. The molecule has 5 heteroatoms. The number of amidine groups is 1. The lowest BCUT2D eigenvalue weighted by atomic mass is 10.1. The molecule has 0 spiro atoms. The van der Waals surface area contributed by atoms with Crippen LogP contribution in [-0.2, 0) is 4.74 Å². The average molecular weight is 227 g/mol. The molecule has 0 bridgehead atoms. The number of hydrogen-bond donors (Lipinski definition) is 2. The average Bonchev–Trinajstić information content (AvgIpc) is 2.77. The number of rotatable bonds is 3. The molecule has 2 fully saturated rings. The highest BCUT2D eigenvalue weighted by molar-refractivity contribution is 5.82. The van der Waals surface area contributed by atoms with E-state index in [1.54, 1.807) is 0 Å². The predicted molar refractivity (Wildman–Crippen MR) is 61.5 cm³/mol. The first kappa shape index (κ1) is 11.7. The Labute approximate surface area is 96.2 Å². The van der Waals surface area contributed by atoms with Gasteiger partial charge in [-0.3, -0.25) is 4.90 Å². The van der Waals surface area contributed by atoms with E-state index in [2.05, 4.69) is 10.1 Å². The zero-order chi connectivity index (χ0) is 11.5. The van der Waals surface area contributed by atoms with Crippen LogP contribution in [0.1, 0.15) is 26.2 Å². The van der Waals surface area contributed by atoms with Crippen LogP contribution < -0.4 is 5.73 Å². The van der Waals surface area contributed by atoms with Crippen LogP contribution in [0.2, 0.25) is 0 Å². The molecule has 3 unspecified atom stereocenters. The Morgan fingerprint density at radius 3 is 3.19 bits per heavy atom. The maximum absolute atomic E-state index is 8.64. The van der Waals surface area contributed by atoms with Crippen molar-refractivity contribution in [1.29, 1.82) is 0 Å². The quantitative estimate of drug-likeness (QED) is 0.321. The fourth-order valence-electron chi connectivity index (χ4n) is 2.78. The van der Waals surface area contributed by atoms with Crippen molar-refractivity contribution < 1.29 is 9.94 Å². The topological polar surface area (TPSA) is 71.1 Å². The lowest BCUT2D eigenvalue weighted by Gasteiger charge is -2.38. The van der Waals surface area contributed by atoms with Crippen molar-refractivity contribution in [3.05, 3.63) is 0 Å². The van der Waals surface area contributed by atoms with Gasteiger partial charge in [0.1, 0.15) is 5.84 Å². The third-order valence-corrected chi connectivity index (χ3v) is 3.73. The van der Waals surface area contributed by atoms with Crippen molar-refractivity contribution in [2.45, 2.75) is 38.3 Å². The molecule has 3 atom stereocenters. The largest absolute Gasteiger partial charge is 0.409 e. The molecule has 1 heterocycles. The Bertz CT molecular complexity index is 270. The van der Waals surface area contributed by atoms with Gasteiger partial charge in [-0.05, 0) is 19.3 Å². The van der Waals surface area contributed by atoms with Crippen molar-refractivity contribution in [2.75, 3.05) is 19.7 Å². The van der Waals surface area contributed by atoms with Crippen molar-refractivity contribution in [3.8, 4) is 0 Å². The maximum Gasteiger partial charge on any atom is 0.143 e.